The lowest BCUT2D eigenvalue weighted by Gasteiger charge is -2.26. The average molecular weight is 245 g/mol. The molecule has 0 bridgehead atoms. The normalized spacial score (nSPS) is 18.3. The topological polar surface area (TPSA) is 48.4 Å². The van der Waals surface area contributed by atoms with Crippen LogP contribution in [0.5, 0.6) is 5.75 Å². The number of fused-ring (bicyclic) bond motifs is 1. The highest BCUT2D eigenvalue weighted by atomic mass is 16.5. The second-order valence-electron chi connectivity index (χ2n) is 5.18. The van der Waals surface area contributed by atoms with Crippen molar-refractivity contribution < 1.29 is 9.15 Å². The number of nitrogens with two attached hydrogens (primary N) is 1. The Hall–Kier alpha value is -1.48. The highest BCUT2D eigenvalue weighted by molar-refractivity contribution is 5.87. The van der Waals surface area contributed by atoms with E-state index in [1.54, 1.807) is 7.11 Å². The van der Waals surface area contributed by atoms with Gasteiger partial charge in [-0.05, 0) is 18.9 Å². The molecule has 1 fully saturated rings. The maximum absolute atomic E-state index is 6.05. The quantitative estimate of drug-likeness (QED) is 0.903. The molecule has 1 aromatic carbocycles. The van der Waals surface area contributed by atoms with E-state index in [0.717, 1.165) is 29.6 Å². The highest BCUT2D eigenvalue weighted by Crippen LogP contribution is 2.44. The largest absolute Gasteiger partial charge is 0.493 e. The van der Waals surface area contributed by atoms with Crippen LogP contribution in [0.25, 0.3) is 11.0 Å². The van der Waals surface area contributed by atoms with E-state index in [1.807, 2.05) is 18.4 Å². The van der Waals surface area contributed by atoms with Crippen LogP contribution in [0.4, 0.5) is 0 Å². The molecular weight excluding hydrogens is 226 g/mol. The van der Waals surface area contributed by atoms with Gasteiger partial charge in [0.2, 0.25) is 0 Å². The summed E-state index contributed by atoms with van der Waals surface area (Å²) in [5.74, 6) is 0.795. The third-order valence-electron chi connectivity index (χ3n) is 4.31. The zero-order valence-corrected chi connectivity index (χ0v) is 10.7. The Bertz CT molecular complexity index is 553. The Kier molecular flexibility index (Phi) is 2.78. The fourth-order valence-electron chi connectivity index (χ4n) is 3.24. The van der Waals surface area contributed by atoms with E-state index >= 15 is 0 Å². The molecule has 0 unspecified atom stereocenters. The van der Waals surface area contributed by atoms with Crippen molar-refractivity contribution in [1.82, 2.24) is 0 Å². The molecule has 0 spiro atoms. The molecule has 1 aliphatic carbocycles. The van der Waals surface area contributed by atoms with E-state index < -0.39 is 0 Å². The zero-order chi connectivity index (χ0) is 12.6. The minimum absolute atomic E-state index is 0.109. The molecule has 1 heterocycles. The smallest absolute Gasteiger partial charge is 0.175 e. The molecule has 3 rings (SSSR count). The van der Waals surface area contributed by atoms with E-state index in [4.69, 9.17) is 14.9 Å². The number of methoxy groups -OCH3 is 1. The van der Waals surface area contributed by atoms with Crippen LogP contribution < -0.4 is 10.5 Å². The molecule has 1 saturated carbocycles. The maximum atomic E-state index is 6.05. The predicted octanol–water partition coefficient (Wildman–Crippen LogP) is 3.21. The van der Waals surface area contributed by atoms with Gasteiger partial charge < -0.3 is 14.9 Å². The first-order valence-electron chi connectivity index (χ1n) is 6.55. The molecule has 0 atom stereocenters. The van der Waals surface area contributed by atoms with Crippen LogP contribution in [0.1, 0.15) is 31.2 Å². The number of furan rings is 1. The van der Waals surface area contributed by atoms with Crippen LogP contribution in [0.15, 0.2) is 28.9 Å². The molecule has 1 aromatic heterocycles. The van der Waals surface area contributed by atoms with Gasteiger partial charge in [-0.25, -0.2) is 0 Å². The summed E-state index contributed by atoms with van der Waals surface area (Å²) in [6.07, 6.45) is 6.72. The van der Waals surface area contributed by atoms with Crippen LogP contribution in [0.3, 0.4) is 0 Å². The predicted molar refractivity (Wildman–Crippen MR) is 72.0 cm³/mol. The second-order valence-corrected chi connectivity index (χ2v) is 5.18. The van der Waals surface area contributed by atoms with E-state index in [2.05, 4.69) is 6.07 Å². The molecule has 3 heteroatoms. The SMILES string of the molecule is COc1cccc2c(C3(CN)CCCC3)coc12. The van der Waals surface area contributed by atoms with Crippen molar-refractivity contribution in [3.05, 3.63) is 30.0 Å². The molecule has 0 aliphatic heterocycles. The summed E-state index contributed by atoms with van der Waals surface area (Å²) in [5, 5.41) is 1.15. The van der Waals surface area contributed by atoms with Crippen molar-refractivity contribution in [1.29, 1.82) is 0 Å². The third-order valence-corrected chi connectivity index (χ3v) is 4.31. The molecule has 2 N–H and O–H groups in total. The minimum atomic E-state index is 0.109. The van der Waals surface area contributed by atoms with Crippen molar-refractivity contribution >= 4 is 11.0 Å². The summed E-state index contributed by atoms with van der Waals surface area (Å²) in [4.78, 5) is 0. The summed E-state index contributed by atoms with van der Waals surface area (Å²) < 4.78 is 11.1. The first-order chi connectivity index (χ1) is 8.80. The number of ether oxygens (including phenoxy) is 1. The van der Waals surface area contributed by atoms with Crippen molar-refractivity contribution in [2.24, 2.45) is 5.73 Å². The van der Waals surface area contributed by atoms with E-state index in [9.17, 15) is 0 Å². The van der Waals surface area contributed by atoms with E-state index in [1.165, 1.54) is 18.4 Å². The average Bonchev–Trinajstić information content (AvgIpc) is 3.05. The fourth-order valence-corrected chi connectivity index (χ4v) is 3.24. The van der Waals surface area contributed by atoms with Gasteiger partial charge in [-0.3, -0.25) is 0 Å². The molecule has 2 aromatic rings. The highest BCUT2D eigenvalue weighted by Gasteiger charge is 2.37. The first kappa shape index (κ1) is 11.6. The Morgan fingerprint density at radius 2 is 2.11 bits per heavy atom. The van der Waals surface area contributed by atoms with Gasteiger partial charge >= 0.3 is 0 Å². The Labute approximate surface area is 107 Å². The van der Waals surface area contributed by atoms with Gasteiger partial charge in [0, 0.05) is 22.9 Å². The molecule has 0 radical (unpaired) electrons. The van der Waals surface area contributed by atoms with Crippen LogP contribution >= 0.6 is 0 Å². The summed E-state index contributed by atoms with van der Waals surface area (Å²) in [5.41, 5.74) is 8.26. The molecule has 1 aliphatic rings. The van der Waals surface area contributed by atoms with Crippen molar-refractivity contribution in [3.63, 3.8) is 0 Å². The van der Waals surface area contributed by atoms with Crippen LogP contribution in [0.2, 0.25) is 0 Å². The molecule has 0 amide bonds. The molecule has 18 heavy (non-hydrogen) atoms. The number of hydrogen-bond donors (Lipinski definition) is 1. The minimum Gasteiger partial charge on any atom is -0.493 e. The van der Waals surface area contributed by atoms with Gasteiger partial charge in [0.15, 0.2) is 11.3 Å². The van der Waals surface area contributed by atoms with Crippen LogP contribution in [0, 0.1) is 0 Å². The lowest BCUT2D eigenvalue weighted by molar-refractivity contribution is 0.409. The van der Waals surface area contributed by atoms with E-state index in [0.29, 0.717) is 6.54 Å². The summed E-state index contributed by atoms with van der Waals surface area (Å²) in [6, 6.07) is 6.05. The lowest BCUT2D eigenvalue weighted by Crippen LogP contribution is -2.31. The molecule has 96 valence electrons. The fraction of sp³-hybridized carbons (Fsp3) is 0.467. The monoisotopic (exact) mass is 245 g/mol. The second kappa shape index (κ2) is 4.32. The molecular formula is C15H19NO2. The zero-order valence-electron chi connectivity index (χ0n) is 10.7. The van der Waals surface area contributed by atoms with Gasteiger partial charge in [0.1, 0.15) is 0 Å². The van der Waals surface area contributed by atoms with Crippen molar-refractivity contribution in [2.75, 3.05) is 13.7 Å². The van der Waals surface area contributed by atoms with Gasteiger partial charge in [0.25, 0.3) is 0 Å². The van der Waals surface area contributed by atoms with Crippen molar-refractivity contribution in [2.45, 2.75) is 31.1 Å². The molecule has 3 nitrogen and oxygen atoms in total. The summed E-state index contributed by atoms with van der Waals surface area (Å²) in [6.45, 7) is 0.693. The van der Waals surface area contributed by atoms with Gasteiger partial charge in [-0.15, -0.1) is 0 Å². The summed E-state index contributed by atoms with van der Waals surface area (Å²) >= 11 is 0. The Morgan fingerprint density at radius 3 is 2.78 bits per heavy atom. The lowest BCUT2D eigenvalue weighted by atomic mass is 9.79. The number of rotatable bonds is 3. The third kappa shape index (κ3) is 1.54. The number of benzene rings is 1. The summed E-state index contributed by atoms with van der Waals surface area (Å²) in [7, 11) is 1.67. The maximum Gasteiger partial charge on any atom is 0.175 e. The number of para-hydroxylation sites is 1. The van der Waals surface area contributed by atoms with Crippen molar-refractivity contribution in [3.8, 4) is 5.75 Å². The first-order valence-corrected chi connectivity index (χ1v) is 6.55. The Balaban J connectivity index is 2.18. The van der Waals surface area contributed by atoms with Gasteiger partial charge in [-0.1, -0.05) is 25.0 Å². The van der Waals surface area contributed by atoms with E-state index in [-0.39, 0.29) is 5.41 Å². The Morgan fingerprint density at radius 1 is 1.33 bits per heavy atom. The van der Waals surface area contributed by atoms with Gasteiger partial charge in [0.05, 0.1) is 13.4 Å². The standard InChI is InChI=1S/C15H19NO2/c1-17-13-6-4-5-11-12(9-18-14(11)13)15(10-16)7-2-3-8-15/h4-6,9H,2-3,7-8,10,16H2,1H3. The van der Waals surface area contributed by atoms with Gasteiger partial charge in [-0.2, -0.15) is 0 Å². The van der Waals surface area contributed by atoms with Crippen LogP contribution in [-0.4, -0.2) is 13.7 Å². The number of hydrogen-bond acceptors (Lipinski definition) is 3. The molecule has 0 saturated heterocycles. The van der Waals surface area contributed by atoms with Crippen LogP contribution in [-0.2, 0) is 5.41 Å².